The molecule has 1 aliphatic carbocycles. The minimum atomic E-state index is -0.590. The summed E-state index contributed by atoms with van der Waals surface area (Å²) < 4.78 is 5.62. The molecule has 2 amide bonds. The Labute approximate surface area is 161 Å². The summed E-state index contributed by atoms with van der Waals surface area (Å²) in [5.41, 5.74) is -1.00. The molecule has 1 N–H and O–H groups in total. The van der Waals surface area contributed by atoms with E-state index in [4.69, 9.17) is 16.3 Å². The molecule has 0 bridgehead atoms. The van der Waals surface area contributed by atoms with Gasteiger partial charge < -0.3 is 15.0 Å². The molecule has 0 radical (unpaired) electrons. The topological polar surface area (TPSA) is 58.6 Å². The number of hydrogen-bond acceptors (Lipinski definition) is 3. The van der Waals surface area contributed by atoms with Crippen LogP contribution < -0.4 is 10.1 Å². The number of nitrogens with one attached hydrogen (secondary N) is 1. The Hall–Kier alpha value is -1.75. The monoisotopic (exact) mass is 380 g/mol. The van der Waals surface area contributed by atoms with Crippen LogP contribution in [0.25, 0.3) is 0 Å². The largest absolute Gasteiger partial charge is 0.490 e. The maximum atomic E-state index is 12.9. The first-order valence-corrected chi connectivity index (χ1v) is 9.36. The summed E-state index contributed by atoms with van der Waals surface area (Å²) in [6.45, 7) is 6.73. The third-order valence-electron chi connectivity index (χ3n) is 5.95. The average Bonchev–Trinajstić information content (AvgIpc) is 2.83. The van der Waals surface area contributed by atoms with Gasteiger partial charge in [-0.3, -0.25) is 9.59 Å². The number of hydrogen-bond donors (Lipinski definition) is 1. The van der Waals surface area contributed by atoms with E-state index in [9.17, 15) is 9.59 Å². The minimum absolute atomic E-state index is 0.0284. The highest BCUT2D eigenvalue weighted by atomic mass is 35.5. The number of rotatable bonds is 6. The van der Waals surface area contributed by atoms with Crippen LogP contribution >= 0.6 is 11.6 Å². The van der Waals surface area contributed by atoms with Crippen molar-refractivity contribution in [3.8, 4) is 5.75 Å². The first-order chi connectivity index (χ1) is 12.1. The van der Waals surface area contributed by atoms with Gasteiger partial charge in [-0.25, -0.2) is 0 Å². The van der Waals surface area contributed by atoms with Crippen LogP contribution in [0.2, 0.25) is 5.02 Å². The highest BCUT2D eigenvalue weighted by Gasteiger charge is 2.58. The fourth-order valence-electron chi connectivity index (χ4n) is 3.73. The molecular formula is C20H29ClN2O3. The van der Waals surface area contributed by atoms with Crippen molar-refractivity contribution >= 4 is 23.4 Å². The Balaban J connectivity index is 1.94. The molecular weight excluding hydrogens is 352 g/mol. The van der Waals surface area contributed by atoms with E-state index in [1.54, 1.807) is 31.1 Å². The van der Waals surface area contributed by atoms with E-state index >= 15 is 0 Å². The Bertz CT molecular complexity index is 675. The van der Waals surface area contributed by atoms with Crippen molar-refractivity contribution in [1.82, 2.24) is 10.2 Å². The number of carbonyl (C=O) groups excluding carboxylic acids is 2. The van der Waals surface area contributed by atoms with E-state index in [-0.39, 0.29) is 17.7 Å². The molecule has 26 heavy (non-hydrogen) atoms. The minimum Gasteiger partial charge on any atom is -0.490 e. The van der Waals surface area contributed by atoms with Gasteiger partial charge in [0.1, 0.15) is 12.4 Å². The molecule has 0 aliphatic heterocycles. The Morgan fingerprint density at radius 3 is 2.54 bits per heavy atom. The van der Waals surface area contributed by atoms with Gasteiger partial charge in [-0.15, -0.1) is 0 Å². The summed E-state index contributed by atoms with van der Waals surface area (Å²) in [5, 5.41) is 3.52. The maximum absolute atomic E-state index is 12.9. The summed E-state index contributed by atoms with van der Waals surface area (Å²) in [5.74, 6) is 0.521. The predicted octanol–water partition coefficient (Wildman–Crippen LogP) is 3.37. The lowest BCUT2D eigenvalue weighted by Crippen LogP contribution is -2.50. The zero-order chi connectivity index (χ0) is 19.5. The Morgan fingerprint density at radius 2 is 1.92 bits per heavy atom. The fourth-order valence-corrected chi connectivity index (χ4v) is 3.92. The van der Waals surface area contributed by atoms with Gasteiger partial charge in [0.25, 0.3) is 0 Å². The first-order valence-electron chi connectivity index (χ1n) is 8.98. The number of ether oxygens (including phenoxy) is 1. The van der Waals surface area contributed by atoms with Crippen molar-refractivity contribution in [3.63, 3.8) is 0 Å². The lowest BCUT2D eigenvalue weighted by molar-refractivity contribution is -0.142. The standard InChI is InChI=1S/C20H29ClN2O3/c1-19(2)14(17(24)23(4)5)10-11-20(19,3)18(25)22-12-13-26-16-9-7-6-8-15(16)21/h6-9,14H,10-13H2,1-5H3,(H,22,25)/t14-,20+/m0/s1. The van der Waals surface area contributed by atoms with E-state index in [0.29, 0.717) is 30.3 Å². The van der Waals surface area contributed by atoms with Crippen molar-refractivity contribution in [1.29, 1.82) is 0 Å². The molecule has 6 heteroatoms. The van der Waals surface area contributed by atoms with Gasteiger partial charge in [0, 0.05) is 20.0 Å². The number of amides is 2. The van der Waals surface area contributed by atoms with Crippen molar-refractivity contribution < 1.29 is 14.3 Å². The Kier molecular flexibility index (Phi) is 6.22. The second-order valence-corrected chi connectivity index (χ2v) is 8.32. The zero-order valence-electron chi connectivity index (χ0n) is 16.3. The molecule has 0 unspecified atom stereocenters. The smallest absolute Gasteiger partial charge is 0.226 e. The molecule has 144 valence electrons. The molecule has 1 saturated carbocycles. The Morgan fingerprint density at radius 1 is 1.27 bits per heavy atom. The molecule has 1 aromatic rings. The summed E-state index contributed by atoms with van der Waals surface area (Å²) in [6.07, 6.45) is 1.42. The van der Waals surface area contributed by atoms with E-state index in [1.807, 2.05) is 32.9 Å². The molecule has 2 atom stereocenters. The van der Waals surface area contributed by atoms with E-state index in [1.165, 1.54) is 0 Å². The lowest BCUT2D eigenvalue weighted by Gasteiger charge is -2.40. The maximum Gasteiger partial charge on any atom is 0.226 e. The highest BCUT2D eigenvalue weighted by Crippen LogP contribution is 2.56. The first kappa shape index (κ1) is 20.6. The quantitative estimate of drug-likeness (QED) is 0.770. The second kappa shape index (κ2) is 7.87. The van der Waals surface area contributed by atoms with Crippen LogP contribution in [0.15, 0.2) is 24.3 Å². The van der Waals surface area contributed by atoms with Crippen LogP contribution in [0.4, 0.5) is 0 Å². The van der Waals surface area contributed by atoms with Gasteiger partial charge in [0.15, 0.2) is 0 Å². The normalized spacial score (nSPS) is 24.2. The highest BCUT2D eigenvalue weighted by molar-refractivity contribution is 6.32. The molecule has 1 aromatic carbocycles. The fraction of sp³-hybridized carbons (Fsp3) is 0.600. The number of nitrogens with zero attached hydrogens (tertiary/aromatic N) is 1. The van der Waals surface area contributed by atoms with E-state index in [0.717, 1.165) is 6.42 Å². The molecule has 1 aliphatic rings. The molecule has 0 spiro atoms. The summed E-state index contributed by atoms with van der Waals surface area (Å²) in [4.78, 5) is 27.0. The van der Waals surface area contributed by atoms with Gasteiger partial charge in [0.2, 0.25) is 11.8 Å². The number of para-hydroxylation sites is 1. The number of carbonyl (C=O) groups is 2. The van der Waals surface area contributed by atoms with Crippen LogP contribution in [-0.4, -0.2) is 44.0 Å². The lowest BCUT2D eigenvalue weighted by atomic mass is 9.65. The van der Waals surface area contributed by atoms with Crippen molar-refractivity contribution in [2.24, 2.45) is 16.7 Å². The molecule has 0 saturated heterocycles. The molecule has 1 fully saturated rings. The van der Waals surface area contributed by atoms with E-state index in [2.05, 4.69) is 5.32 Å². The molecule has 5 nitrogen and oxygen atoms in total. The van der Waals surface area contributed by atoms with Gasteiger partial charge in [-0.1, -0.05) is 44.5 Å². The third kappa shape index (κ3) is 3.83. The van der Waals surface area contributed by atoms with Gasteiger partial charge in [-0.05, 0) is 30.4 Å². The molecule has 2 rings (SSSR count). The number of halogens is 1. The average molecular weight is 381 g/mol. The third-order valence-corrected chi connectivity index (χ3v) is 6.26. The van der Waals surface area contributed by atoms with Crippen molar-refractivity contribution in [3.05, 3.63) is 29.3 Å². The molecule has 0 heterocycles. The summed E-state index contributed by atoms with van der Waals surface area (Å²) in [6, 6.07) is 7.25. The summed E-state index contributed by atoms with van der Waals surface area (Å²) >= 11 is 6.05. The second-order valence-electron chi connectivity index (χ2n) is 7.91. The van der Waals surface area contributed by atoms with Crippen molar-refractivity contribution in [2.45, 2.75) is 33.6 Å². The predicted molar refractivity (Wildman–Crippen MR) is 103 cm³/mol. The summed E-state index contributed by atoms with van der Waals surface area (Å²) in [7, 11) is 3.53. The van der Waals surface area contributed by atoms with Crippen LogP contribution in [0.1, 0.15) is 33.6 Å². The van der Waals surface area contributed by atoms with Crippen LogP contribution in [-0.2, 0) is 9.59 Å². The van der Waals surface area contributed by atoms with Gasteiger partial charge in [0.05, 0.1) is 17.0 Å². The van der Waals surface area contributed by atoms with Crippen LogP contribution in [0.3, 0.4) is 0 Å². The zero-order valence-corrected chi connectivity index (χ0v) is 17.0. The van der Waals surface area contributed by atoms with Gasteiger partial charge in [-0.2, -0.15) is 0 Å². The van der Waals surface area contributed by atoms with Crippen molar-refractivity contribution in [2.75, 3.05) is 27.2 Å². The number of benzene rings is 1. The van der Waals surface area contributed by atoms with Gasteiger partial charge >= 0.3 is 0 Å². The SMILES string of the molecule is CN(C)C(=O)[C@@H]1CC[C@](C)(C(=O)NCCOc2ccccc2Cl)C1(C)C. The van der Waals surface area contributed by atoms with E-state index < -0.39 is 10.8 Å². The van der Waals surface area contributed by atoms with Crippen LogP contribution in [0, 0.1) is 16.7 Å². The molecule has 0 aromatic heterocycles. The van der Waals surface area contributed by atoms with Crippen LogP contribution in [0.5, 0.6) is 5.75 Å².